The third kappa shape index (κ3) is 2.73. The van der Waals surface area contributed by atoms with E-state index in [9.17, 15) is 8.42 Å². The lowest BCUT2D eigenvalue weighted by Gasteiger charge is -2.51. The standard InChI is InChI=1S/C13H26N2O2S/c1-5-11-8-14-12(2,3)9-15(11)13(4)6-7-18(16,17)10-13/h11,14H,5-10H2,1-4H3. The minimum atomic E-state index is -2.83. The van der Waals surface area contributed by atoms with Crippen LogP contribution in [0.5, 0.6) is 0 Å². The number of nitrogens with one attached hydrogen (secondary N) is 1. The van der Waals surface area contributed by atoms with Gasteiger partial charge in [-0.3, -0.25) is 4.90 Å². The van der Waals surface area contributed by atoms with Crippen LogP contribution in [-0.2, 0) is 9.84 Å². The van der Waals surface area contributed by atoms with Crippen LogP contribution in [0, 0.1) is 0 Å². The van der Waals surface area contributed by atoms with E-state index >= 15 is 0 Å². The Balaban J connectivity index is 2.23. The summed E-state index contributed by atoms with van der Waals surface area (Å²) >= 11 is 0. The van der Waals surface area contributed by atoms with Crippen LogP contribution in [0.25, 0.3) is 0 Å². The second-order valence-electron chi connectivity index (χ2n) is 6.79. The first-order valence-electron chi connectivity index (χ1n) is 6.90. The van der Waals surface area contributed by atoms with Gasteiger partial charge in [0.05, 0.1) is 11.5 Å². The molecular weight excluding hydrogens is 248 g/mol. The molecule has 106 valence electrons. The van der Waals surface area contributed by atoms with Crippen molar-refractivity contribution in [1.29, 1.82) is 0 Å². The average molecular weight is 274 g/mol. The van der Waals surface area contributed by atoms with Gasteiger partial charge in [-0.25, -0.2) is 8.42 Å². The van der Waals surface area contributed by atoms with Crippen LogP contribution >= 0.6 is 0 Å². The largest absolute Gasteiger partial charge is 0.309 e. The smallest absolute Gasteiger partial charge is 0.152 e. The van der Waals surface area contributed by atoms with E-state index in [1.807, 2.05) is 0 Å². The van der Waals surface area contributed by atoms with Crippen LogP contribution in [0.15, 0.2) is 0 Å². The third-order valence-electron chi connectivity index (χ3n) is 4.47. The van der Waals surface area contributed by atoms with Gasteiger partial charge in [-0.05, 0) is 33.6 Å². The number of hydrogen-bond donors (Lipinski definition) is 1. The van der Waals surface area contributed by atoms with Crippen molar-refractivity contribution in [1.82, 2.24) is 10.2 Å². The summed E-state index contributed by atoms with van der Waals surface area (Å²) in [6.45, 7) is 10.6. The molecule has 0 amide bonds. The molecule has 2 atom stereocenters. The Morgan fingerprint density at radius 3 is 2.50 bits per heavy atom. The molecule has 0 aromatic heterocycles. The Morgan fingerprint density at radius 1 is 1.33 bits per heavy atom. The first-order valence-corrected chi connectivity index (χ1v) is 8.72. The molecule has 0 spiro atoms. The predicted octanol–water partition coefficient (Wildman–Crippen LogP) is 1.03. The molecule has 2 fully saturated rings. The molecule has 1 N–H and O–H groups in total. The van der Waals surface area contributed by atoms with Crippen molar-refractivity contribution in [2.24, 2.45) is 0 Å². The van der Waals surface area contributed by atoms with Gasteiger partial charge in [0.15, 0.2) is 9.84 Å². The van der Waals surface area contributed by atoms with Gasteiger partial charge in [0.1, 0.15) is 0 Å². The lowest BCUT2D eigenvalue weighted by Crippen LogP contribution is -2.67. The molecule has 18 heavy (non-hydrogen) atoms. The molecule has 5 heteroatoms. The van der Waals surface area contributed by atoms with Crippen LogP contribution in [-0.4, -0.2) is 55.0 Å². The Bertz CT molecular complexity index is 419. The van der Waals surface area contributed by atoms with Crippen molar-refractivity contribution in [2.75, 3.05) is 24.6 Å². The first-order chi connectivity index (χ1) is 8.18. The van der Waals surface area contributed by atoms with Crippen LogP contribution in [0.4, 0.5) is 0 Å². The normalized spacial score (nSPS) is 39.9. The molecule has 0 aromatic carbocycles. The van der Waals surface area contributed by atoms with Crippen LogP contribution in [0.3, 0.4) is 0 Å². The summed E-state index contributed by atoms with van der Waals surface area (Å²) in [4.78, 5) is 2.45. The highest BCUT2D eigenvalue weighted by Crippen LogP contribution is 2.34. The van der Waals surface area contributed by atoms with Crippen molar-refractivity contribution in [3.05, 3.63) is 0 Å². The summed E-state index contributed by atoms with van der Waals surface area (Å²) in [6, 6.07) is 0.455. The number of hydrogen-bond acceptors (Lipinski definition) is 4. The Hall–Kier alpha value is -0.130. The Labute approximate surface area is 111 Å². The van der Waals surface area contributed by atoms with E-state index in [1.165, 1.54) is 0 Å². The maximum Gasteiger partial charge on any atom is 0.152 e. The fourth-order valence-electron chi connectivity index (χ4n) is 3.33. The summed E-state index contributed by atoms with van der Waals surface area (Å²) in [5, 5.41) is 3.56. The van der Waals surface area contributed by atoms with Crippen molar-refractivity contribution >= 4 is 9.84 Å². The first kappa shape index (κ1) is 14.3. The van der Waals surface area contributed by atoms with Crippen molar-refractivity contribution in [3.63, 3.8) is 0 Å². The zero-order valence-electron chi connectivity index (χ0n) is 12.0. The van der Waals surface area contributed by atoms with Gasteiger partial charge in [0.25, 0.3) is 0 Å². The van der Waals surface area contributed by atoms with Gasteiger partial charge >= 0.3 is 0 Å². The molecule has 0 saturated carbocycles. The van der Waals surface area contributed by atoms with E-state index in [0.717, 1.165) is 25.9 Å². The molecule has 2 rings (SSSR count). The molecular formula is C13H26N2O2S. The second kappa shape index (κ2) is 4.46. The van der Waals surface area contributed by atoms with Crippen molar-refractivity contribution < 1.29 is 8.42 Å². The van der Waals surface area contributed by atoms with E-state index in [1.54, 1.807) is 0 Å². The van der Waals surface area contributed by atoms with Gasteiger partial charge in [-0.1, -0.05) is 6.92 Å². The van der Waals surface area contributed by atoms with Gasteiger partial charge in [-0.15, -0.1) is 0 Å². The van der Waals surface area contributed by atoms with Crippen molar-refractivity contribution in [2.45, 2.75) is 57.7 Å². The molecule has 0 aromatic rings. The lowest BCUT2D eigenvalue weighted by molar-refractivity contribution is 0.0116. The van der Waals surface area contributed by atoms with Crippen LogP contribution in [0.1, 0.15) is 40.5 Å². The monoisotopic (exact) mass is 274 g/mol. The topological polar surface area (TPSA) is 49.4 Å². The maximum absolute atomic E-state index is 11.8. The molecule has 4 nitrogen and oxygen atoms in total. The highest BCUT2D eigenvalue weighted by Gasteiger charge is 2.47. The maximum atomic E-state index is 11.8. The second-order valence-corrected chi connectivity index (χ2v) is 8.98. The number of rotatable bonds is 2. The highest BCUT2D eigenvalue weighted by molar-refractivity contribution is 7.91. The summed E-state index contributed by atoms with van der Waals surface area (Å²) in [5.41, 5.74) is -0.0973. The molecule has 2 heterocycles. The number of nitrogens with zero attached hydrogens (tertiary/aromatic N) is 1. The average Bonchev–Trinajstić information content (AvgIpc) is 2.53. The molecule has 0 bridgehead atoms. The zero-order valence-corrected chi connectivity index (χ0v) is 12.8. The number of piperazine rings is 1. The predicted molar refractivity (Wildman–Crippen MR) is 74.5 cm³/mol. The SMILES string of the molecule is CCC1CNC(C)(C)CN1C1(C)CCS(=O)(=O)C1. The van der Waals surface area contributed by atoms with Crippen LogP contribution in [0.2, 0.25) is 0 Å². The number of sulfone groups is 1. The Kier molecular flexibility index (Phi) is 3.54. The van der Waals surface area contributed by atoms with E-state index in [4.69, 9.17) is 0 Å². The molecule has 0 aliphatic carbocycles. The van der Waals surface area contributed by atoms with E-state index in [-0.39, 0.29) is 11.1 Å². The quantitative estimate of drug-likeness (QED) is 0.817. The summed E-state index contributed by atoms with van der Waals surface area (Å²) in [7, 11) is -2.83. The summed E-state index contributed by atoms with van der Waals surface area (Å²) < 4.78 is 23.6. The van der Waals surface area contributed by atoms with E-state index in [0.29, 0.717) is 17.5 Å². The van der Waals surface area contributed by atoms with Gasteiger partial charge in [0, 0.05) is 30.2 Å². The molecule has 0 radical (unpaired) electrons. The minimum absolute atomic E-state index is 0.0705. The van der Waals surface area contributed by atoms with Gasteiger partial charge < -0.3 is 5.32 Å². The fraction of sp³-hybridized carbons (Fsp3) is 1.00. The van der Waals surface area contributed by atoms with Crippen molar-refractivity contribution in [3.8, 4) is 0 Å². The van der Waals surface area contributed by atoms with E-state index < -0.39 is 9.84 Å². The summed E-state index contributed by atoms with van der Waals surface area (Å²) in [5.74, 6) is 0.677. The van der Waals surface area contributed by atoms with Gasteiger partial charge in [0.2, 0.25) is 0 Å². The van der Waals surface area contributed by atoms with E-state index in [2.05, 4.69) is 37.9 Å². The fourth-order valence-corrected chi connectivity index (χ4v) is 5.48. The molecule has 2 aliphatic heterocycles. The molecule has 2 saturated heterocycles. The lowest BCUT2D eigenvalue weighted by atomic mass is 9.89. The zero-order chi connectivity index (χ0) is 13.6. The van der Waals surface area contributed by atoms with Crippen LogP contribution < -0.4 is 5.32 Å². The summed E-state index contributed by atoms with van der Waals surface area (Å²) in [6.07, 6.45) is 1.85. The Morgan fingerprint density at radius 2 is 2.00 bits per heavy atom. The molecule has 2 unspecified atom stereocenters. The van der Waals surface area contributed by atoms with Gasteiger partial charge in [-0.2, -0.15) is 0 Å². The highest BCUT2D eigenvalue weighted by atomic mass is 32.2. The minimum Gasteiger partial charge on any atom is -0.309 e. The third-order valence-corrected chi connectivity index (χ3v) is 6.36. The molecule has 2 aliphatic rings.